The largest absolute Gasteiger partial charge is 0.369 e. The van der Waals surface area contributed by atoms with Gasteiger partial charge < -0.3 is 10.6 Å². The van der Waals surface area contributed by atoms with Crippen LogP contribution in [-0.4, -0.2) is 39.6 Å². The van der Waals surface area contributed by atoms with E-state index in [1.54, 1.807) is 23.9 Å². The van der Waals surface area contributed by atoms with Gasteiger partial charge in [0.2, 0.25) is 5.91 Å². The van der Waals surface area contributed by atoms with Crippen molar-refractivity contribution in [1.82, 2.24) is 14.7 Å². The monoisotopic (exact) mass is 344 g/mol. The Morgan fingerprint density at radius 1 is 1.28 bits per heavy atom. The van der Waals surface area contributed by atoms with Crippen molar-refractivity contribution in [2.75, 3.05) is 13.1 Å². The number of nitrogens with two attached hydrogens (primary N) is 1. The lowest BCUT2D eigenvalue weighted by Gasteiger charge is -2.17. The van der Waals surface area contributed by atoms with Crippen LogP contribution in [0.4, 0.5) is 4.39 Å². The molecule has 0 saturated carbocycles. The Kier molecular flexibility index (Phi) is 4.32. The van der Waals surface area contributed by atoms with Crippen molar-refractivity contribution < 1.29 is 14.0 Å². The molecule has 7 heteroatoms. The van der Waals surface area contributed by atoms with Gasteiger partial charge in [-0.25, -0.2) is 4.39 Å². The molecular weight excluding hydrogens is 323 g/mol. The average molecular weight is 344 g/mol. The lowest BCUT2D eigenvalue weighted by Crippen LogP contribution is -2.32. The predicted molar refractivity (Wildman–Crippen MR) is 90.4 cm³/mol. The second kappa shape index (κ2) is 6.31. The molecular formula is C18H21FN4O2. The quantitative estimate of drug-likeness (QED) is 0.916. The van der Waals surface area contributed by atoms with Crippen molar-refractivity contribution in [2.24, 2.45) is 18.7 Å². The highest BCUT2D eigenvalue weighted by atomic mass is 19.1. The molecule has 1 aromatic carbocycles. The minimum Gasteiger partial charge on any atom is -0.369 e. The molecule has 3 rings (SSSR count). The summed E-state index contributed by atoms with van der Waals surface area (Å²) in [5.74, 6) is -2.19. The first kappa shape index (κ1) is 17.1. The standard InChI is InChI=1S/C18H21FN4O2/c1-10-4-5-16(19)12(6-10)18(25)23-8-14(15(9-23)17(20)24)13-7-21-22(3)11(13)2/h4-7,14-15H,8-9H2,1-3H3,(H2,20,24)/t14-,15+/m1/s1. The number of halogens is 1. The van der Waals surface area contributed by atoms with E-state index in [0.29, 0.717) is 6.54 Å². The summed E-state index contributed by atoms with van der Waals surface area (Å²) in [4.78, 5) is 26.2. The van der Waals surface area contributed by atoms with E-state index in [1.807, 2.05) is 14.0 Å². The fourth-order valence-corrected chi connectivity index (χ4v) is 3.43. The SMILES string of the molecule is Cc1ccc(F)c(C(=O)N2C[C@H](C(N)=O)[C@@H](c3cnn(C)c3C)C2)c1. The molecule has 25 heavy (non-hydrogen) atoms. The third-order valence-corrected chi connectivity index (χ3v) is 5.00. The number of hydrogen-bond acceptors (Lipinski definition) is 3. The van der Waals surface area contributed by atoms with Crippen LogP contribution in [0.2, 0.25) is 0 Å². The van der Waals surface area contributed by atoms with Gasteiger partial charge in [-0.3, -0.25) is 14.3 Å². The lowest BCUT2D eigenvalue weighted by molar-refractivity contribution is -0.121. The first-order chi connectivity index (χ1) is 11.8. The van der Waals surface area contributed by atoms with Crippen LogP contribution >= 0.6 is 0 Å². The van der Waals surface area contributed by atoms with Gasteiger partial charge in [0.1, 0.15) is 5.82 Å². The molecule has 2 atom stereocenters. The molecule has 1 saturated heterocycles. The van der Waals surface area contributed by atoms with E-state index in [4.69, 9.17) is 5.73 Å². The molecule has 0 unspecified atom stereocenters. The Balaban J connectivity index is 1.92. The molecule has 1 aliphatic rings. The van der Waals surface area contributed by atoms with Crippen molar-refractivity contribution in [1.29, 1.82) is 0 Å². The second-order valence-corrected chi connectivity index (χ2v) is 6.62. The molecule has 132 valence electrons. The Morgan fingerprint density at radius 2 is 2.00 bits per heavy atom. The topological polar surface area (TPSA) is 81.2 Å². The van der Waals surface area contributed by atoms with Crippen LogP contribution in [0.5, 0.6) is 0 Å². The third kappa shape index (κ3) is 3.01. The van der Waals surface area contributed by atoms with Gasteiger partial charge in [-0.2, -0.15) is 5.10 Å². The maximum Gasteiger partial charge on any atom is 0.256 e. The highest BCUT2D eigenvalue weighted by molar-refractivity contribution is 5.95. The molecule has 6 nitrogen and oxygen atoms in total. The number of likely N-dealkylation sites (tertiary alicyclic amines) is 1. The van der Waals surface area contributed by atoms with Gasteiger partial charge in [0, 0.05) is 31.7 Å². The average Bonchev–Trinajstić information content (AvgIpc) is 3.14. The molecule has 0 aliphatic carbocycles. The normalized spacial score (nSPS) is 20.1. The van der Waals surface area contributed by atoms with E-state index < -0.39 is 23.5 Å². The van der Waals surface area contributed by atoms with Crippen LogP contribution in [-0.2, 0) is 11.8 Å². The smallest absolute Gasteiger partial charge is 0.256 e. The Bertz CT molecular complexity index is 846. The molecule has 2 N–H and O–H groups in total. The van der Waals surface area contributed by atoms with E-state index in [0.717, 1.165) is 16.8 Å². The van der Waals surface area contributed by atoms with Gasteiger partial charge in [-0.05, 0) is 31.5 Å². The van der Waals surface area contributed by atoms with Crippen LogP contribution < -0.4 is 5.73 Å². The highest BCUT2D eigenvalue weighted by Gasteiger charge is 2.41. The highest BCUT2D eigenvalue weighted by Crippen LogP contribution is 2.35. The van der Waals surface area contributed by atoms with Crippen molar-refractivity contribution >= 4 is 11.8 Å². The van der Waals surface area contributed by atoms with Crippen molar-refractivity contribution in [3.8, 4) is 0 Å². The number of rotatable bonds is 3. The number of aromatic nitrogens is 2. The summed E-state index contributed by atoms with van der Waals surface area (Å²) in [6.45, 7) is 4.20. The minimum atomic E-state index is -0.563. The van der Waals surface area contributed by atoms with Crippen LogP contribution in [0.1, 0.15) is 33.1 Å². The lowest BCUT2D eigenvalue weighted by atomic mass is 9.89. The fraction of sp³-hybridized carbons (Fsp3) is 0.389. The molecule has 2 aromatic rings. The van der Waals surface area contributed by atoms with Crippen molar-refractivity contribution in [2.45, 2.75) is 19.8 Å². The summed E-state index contributed by atoms with van der Waals surface area (Å²) in [6, 6.07) is 4.43. The van der Waals surface area contributed by atoms with Crippen LogP contribution in [0.25, 0.3) is 0 Å². The zero-order valence-electron chi connectivity index (χ0n) is 14.5. The molecule has 1 aromatic heterocycles. The van der Waals surface area contributed by atoms with Crippen molar-refractivity contribution in [3.63, 3.8) is 0 Å². The predicted octanol–water partition coefficient (Wildman–Crippen LogP) is 1.52. The van der Waals surface area contributed by atoms with Crippen LogP contribution in [0.3, 0.4) is 0 Å². The third-order valence-electron chi connectivity index (χ3n) is 5.00. The van der Waals surface area contributed by atoms with E-state index in [2.05, 4.69) is 5.10 Å². The maximum absolute atomic E-state index is 14.1. The molecule has 1 fully saturated rings. The summed E-state index contributed by atoms with van der Waals surface area (Å²) in [5, 5.41) is 4.21. The van der Waals surface area contributed by atoms with E-state index in [1.165, 1.54) is 17.0 Å². The van der Waals surface area contributed by atoms with Gasteiger partial charge in [0.25, 0.3) is 5.91 Å². The fourth-order valence-electron chi connectivity index (χ4n) is 3.43. The molecule has 1 aliphatic heterocycles. The number of amides is 2. The molecule has 2 heterocycles. The zero-order valence-corrected chi connectivity index (χ0v) is 14.5. The van der Waals surface area contributed by atoms with E-state index >= 15 is 0 Å². The number of carbonyl (C=O) groups is 2. The minimum absolute atomic E-state index is 0.0202. The van der Waals surface area contributed by atoms with Gasteiger partial charge in [-0.1, -0.05) is 11.6 Å². The van der Waals surface area contributed by atoms with E-state index in [-0.39, 0.29) is 18.0 Å². The van der Waals surface area contributed by atoms with E-state index in [9.17, 15) is 14.0 Å². The van der Waals surface area contributed by atoms with Gasteiger partial charge >= 0.3 is 0 Å². The first-order valence-electron chi connectivity index (χ1n) is 8.12. The number of aryl methyl sites for hydroxylation is 2. The number of hydrogen-bond donors (Lipinski definition) is 1. The van der Waals surface area contributed by atoms with Gasteiger partial charge in [0.15, 0.2) is 0 Å². The second-order valence-electron chi connectivity index (χ2n) is 6.62. The number of primary amides is 1. The molecule has 2 amide bonds. The van der Waals surface area contributed by atoms with Crippen molar-refractivity contribution in [3.05, 3.63) is 52.6 Å². The van der Waals surface area contributed by atoms with Gasteiger partial charge in [-0.15, -0.1) is 0 Å². The Labute approximate surface area is 145 Å². The molecule has 0 radical (unpaired) electrons. The Morgan fingerprint density at radius 3 is 2.60 bits per heavy atom. The number of benzene rings is 1. The number of nitrogens with zero attached hydrogens (tertiary/aromatic N) is 3. The summed E-state index contributed by atoms with van der Waals surface area (Å²) in [6.07, 6.45) is 1.71. The van der Waals surface area contributed by atoms with Gasteiger partial charge in [0.05, 0.1) is 17.7 Å². The van der Waals surface area contributed by atoms with Crippen LogP contribution in [0.15, 0.2) is 24.4 Å². The molecule has 0 spiro atoms. The maximum atomic E-state index is 14.1. The summed E-state index contributed by atoms with van der Waals surface area (Å²) >= 11 is 0. The Hall–Kier alpha value is -2.70. The molecule has 0 bridgehead atoms. The zero-order chi connectivity index (χ0) is 18.3. The summed E-state index contributed by atoms with van der Waals surface area (Å²) in [5.41, 5.74) is 8.20. The first-order valence-corrected chi connectivity index (χ1v) is 8.12. The summed E-state index contributed by atoms with van der Waals surface area (Å²) in [7, 11) is 1.82. The van der Waals surface area contributed by atoms with Crippen LogP contribution in [0, 0.1) is 25.6 Å². The number of carbonyl (C=O) groups excluding carboxylic acids is 2. The summed E-state index contributed by atoms with van der Waals surface area (Å²) < 4.78 is 15.8.